The van der Waals surface area contributed by atoms with Crippen LogP contribution in [-0.2, 0) is 0 Å². The lowest BCUT2D eigenvalue weighted by molar-refractivity contribution is -0.255. The molecule has 0 aliphatic rings. The molecule has 8 heteroatoms. The van der Waals surface area contributed by atoms with Gasteiger partial charge in [-0.1, -0.05) is 16.8 Å². The van der Waals surface area contributed by atoms with E-state index < -0.39 is 5.97 Å². The Labute approximate surface area is 164 Å². The quantitative estimate of drug-likeness (QED) is 0.551. The third-order valence-electron chi connectivity index (χ3n) is 4.07. The van der Waals surface area contributed by atoms with Crippen molar-refractivity contribution in [1.82, 2.24) is 15.1 Å². The molecule has 4 aromatic rings. The predicted molar refractivity (Wildman–Crippen MR) is 102 cm³/mol. The summed E-state index contributed by atoms with van der Waals surface area (Å²) in [7, 11) is 0. The Morgan fingerprint density at radius 2 is 1.96 bits per heavy atom. The highest BCUT2D eigenvalue weighted by molar-refractivity contribution is 6.32. The fourth-order valence-electron chi connectivity index (χ4n) is 2.82. The van der Waals surface area contributed by atoms with Crippen LogP contribution in [0.3, 0.4) is 0 Å². The predicted octanol–water partition coefficient (Wildman–Crippen LogP) is 3.69. The summed E-state index contributed by atoms with van der Waals surface area (Å²) in [5.41, 5.74) is 2.05. The minimum Gasteiger partial charge on any atom is -0.543 e. The van der Waals surface area contributed by atoms with Crippen molar-refractivity contribution in [2.75, 3.05) is 0 Å². The maximum atomic E-state index is 11.0. The number of carbonyl (C=O) groups is 1. The van der Waals surface area contributed by atoms with Crippen molar-refractivity contribution in [3.05, 3.63) is 53.2 Å². The number of hydrogen-bond donors (Lipinski definition) is 1. The Balaban J connectivity index is 1.65. The van der Waals surface area contributed by atoms with Gasteiger partial charge < -0.3 is 24.1 Å². The van der Waals surface area contributed by atoms with Gasteiger partial charge in [0.05, 0.1) is 22.8 Å². The van der Waals surface area contributed by atoms with Gasteiger partial charge in [-0.25, -0.2) is 0 Å². The van der Waals surface area contributed by atoms with Gasteiger partial charge in [-0.05, 0) is 56.3 Å². The smallest absolute Gasteiger partial charge is 0.258 e. The van der Waals surface area contributed by atoms with Crippen LogP contribution in [0.15, 0.2) is 47.0 Å². The van der Waals surface area contributed by atoms with E-state index in [1.165, 1.54) is 6.07 Å². The van der Waals surface area contributed by atoms with Crippen LogP contribution in [0.2, 0.25) is 5.02 Å². The number of carboxylic acid groups (broad SMARTS) is 1. The van der Waals surface area contributed by atoms with E-state index in [2.05, 4.69) is 15.1 Å². The fourth-order valence-corrected chi connectivity index (χ4v) is 3.05. The Morgan fingerprint density at radius 3 is 2.68 bits per heavy atom. The molecular weight excluding hydrogens is 382 g/mol. The van der Waals surface area contributed by atoms with E-state index in [0.29, 0.717) is 44.5 Å². The Kier molecular flexibility index (Phi) is 4.52. The molecule has 28 heavy (non-hydrogen) atoms. The minimum atomic E-state index is -1.26. The van der Waals surface area contributed by atoms with Crippen molar-refractivity contribution in [1.29, 1.82) is 0 Å². The number of aromatic amines is 1. The Hall–Kier alpha value is -3.32. The van der Waals surface area contributed by atoms with Crippen LogP contribution in [0.25, 0.3) is 33.7 Å². The summed E-state index contributed by atoms with van der Waals surface area (Å²) in [5.74, 6) is 0.0208. The number of carboxylic acids is 1. The molecule has 4 rings (SSSR count). The third kappa shape index (κ3) is 3.44. The molecule has 1 N–H and O–H groups in total. The van der Waals surface area contributed by atoms with Gasteiger partial charge in [0, 0.05) is 22.0 Å². The highest BCUT2D eigenvalue weighted by Gasteiger charge is 2.14. The molecule has 7 nitrogen and oxygen atoms in total. The van der Waals surface area contributed by atoms with Gasteiger partial charge in [0.2, 0.25) is 5.82 Å². The average Bonchev–Trinajstić information content (AvgIpc) is 3.29. The number of H-pyrrole nitrogens is 1. The molecule has 0 amide bonds. The summed E-state index contributed by atoms with van der Waals surface area (Å²) in [6, 6.07) is 12.1. The van der Waals surface area contributed by atoms with Gasteiger partial charge >= 0.3 is 0 Å². The zero-order valence-corrected chi connectivity index (χ0v) is 15.8. The first kappa shape index (κ1) is 18.1. The second-order valence-corrected chi connectivity index (χ2v) is 6.91. The number of nitrogens with one attached hydrogen (secondary N) is 1. The van der Waals surface area contributed by atoms with Crippen molar-refractivity contribution in [3.63, 3.8) is 0 Å². The van der Waals surface area contributed by atoms with Crippen LogP contribution >= 0.6 is 11.6 Å². The minimum absolute atomic E-state index is 0.0131. The number of halogens is 1. The van der Waals surface area contributed by atoms with Gasteiger partial charge in [-0.3, -0.25) is 0 Å². The zero-order valence-electron chi connectivity index (χ0n) is 15.0. The number of benzene rings is 2. The Morgan fingerprint density at radius 1 is 1.18 bits per heavy atom. The fraction of sp³-hybridized carbons (Fsp3) is 0.150. The van der Waals surface area contributed by atoms with Crippen molar-refractivity contribution in [3.8, 4) is 28.6 Å². The molecule has 0 radical (unpaired) electrons. The molecule has 2 aromatic carbocycles. The number of fused-ring (bicyclic) bond motifs is 1. The molecular formula is C20H15ClN3O4-. The largest absolute Gasteiger partial charge is 0.543 e. The molecule has 0 fully saturated rings. The third-order valence-corrected chi connectivity index (χ3v) is 4.36. The standard InChI is InChI=1S/C20H16ClN3O4/c1-10(2)27-17-6-4-12(8-14(17)21)19-23-18(24-28-19)11-3-5-15-13(7-11)9-16(22-15)20(25)26/h3-10,22H,1-2H3,(H,25,26)/p-1. The second-order valence-electron chi connectivity index (χ2n) is 6.51. The van der Waals surface area contributed by atoms with Gasteiger partial charge in [-0.15, -0.1) is 0 Å². The number of nitrogens with zero attached hydrogens (tertiary/aromatic N) is 2. The monoisotopic (exact) mass is 396 g/mol. The molecule has 0 atom stereocenters. The molecule has 0 bridgehead atoms. The summed E-state index contributed by atoms with van der Waals surface area (Å²) in [6.45, 7) is 3.84. The van der Waals surface area contributed by atoms with Crippen LogP contribution < -0.4 is 9.84 Å². The first-order valence-corrected chi connectivity index (χ1v) is 8.93. The average molecular weight is 397 g/mol. The van der Waals surface area contributed by atoms with Crippen molar-refractivity contribution in [2.45, 2.75) is 20.0 Å². The number of aromatic carboxylic acids is 1. The van der Waals surface area contributed by atoms with E-state index in [0.717, 1.165) is 0 Å². The number of hydrogen-bond acceptors (Lipinski definition) is 6. The lowest BCUT2D eigenvalue weighted by Gasteiger charge is -2.11. The van der Waals surface area contributed by atoms with Gasteiger partial charge in [0.1, 0.15) is 5.75 Å². The van der Waals surface area contributed by atoms with Crippen LogP contribution in [0.1, 0.15) is 24.3 Å². The maximum Gasteiger partial charge on any atom is 0.258 e. The summed E-state index contributed by atoms with van der Waals surface area (Å²) in [5, 5.41) is 16.2. The molecule has 2 heterocycles. The van der Waals surface area contributed by atoms with E-state index in [-0.39, 0.29) is 11.8 Å². The molecule has 0 saturated carbocycles. The van der Waals surface area contributed by atoms with E-state index in [1.807, 2.05) is 13.8 Å². The zero-order chi connectivity index (χ0) is 19.8. The van der Waals surface area contributed by atoms with E-state index in [9.17, 15) is 9.90 Å². The highest BCUT2D eigenvalue weighted by Crippen LogP contribution is 2.31. The molecule has 0 unspecified atom stereocenters. The van der Waals surface area contributed by atoms with E-state index in [1.54, 1.807) is 36.4 Å². The van der Waals surface area contributed by atoms with Crippen LogP contribution in [0.5, 0.6) is 5.75 Å². The van der Waals surface area contributed by atoms with Crippen LogP contribution in [0.4, 0.5) is 0 Å². The SMILES string of the molecule is CC(C)Oc1ccc(-c2nc(-c3ccc4[nH]c(C(=O)[O-])cc4c3)no2)cc1Cl. The van der Waals surface area contributed by atoms with Gasteiger partial charge in [-0.2, -0.15) is 4.98 Å². The van der Waals surface area contributed by atoms with Gasteiger partial charge in [0.15, 0.2) is 0 Å². The maximum absolute atomic E-state index is 11.0. The first-order chi connectivity index (χ1) is 13.4. The topological polar surface area (TPSA) is 104 Å². The molecule has 142 valence electrons. The van der Waals surface area contributed by atoms with E-state index in [4.69, 9.17) is 20.9 Å². The molecule has 2 aromatic heterocycles. The first-order valence-electron chi connectivity index (χ1n) is 8.55. The van der Waals surface area contributed by atoms with Crippen LogP contribution in [-0.4, -0.2) is 27.2 Å². The Bertz CT molecular complexity index is 1180. The van der Waals surface area contributed by atoms with Crippen LogP contribution in [0, 0.1) is 0 Å². The van der Waals surface area contributed by atoms with Crippen molar-refractivity contribution >= 4 is 28.5 Å². The summed E-state index contributed by atoms with van der Waals surface area (Å²) < 4.78 is 11.0. The summed E-state index contributed by atoms with van der Waals surface area (Å²) in [4.78, 5) is 18.2. The van der Waals surface area contributed by atoms with E-state index >= 15 is 0 Å². The molecule has 0 aliphatic carbocycles. The number of carbonyl (C=O) groups excluding carboxylic acids is 1. The lowest BCUT2D eigenvalue weighted by atomic mass is 10.1. The number of rotatable bonds is 5. The lowest BCUT2D eigenvalue weighted by Crippen LogP contribution is -2.22. The van der Waals surface area contributed by atoms with Crippen molar-refractivity contribution in [2.24, 2.45) is 0 Å². The molecule has 0 aliphatic heterocycles. The van der Waals surface area contributed by atoms with Gasteiger partial charge in [0.25, 0.3) is 5.89 Å². The molecule has 0 spiro atoms. The normalized spacial score (nSPS) is 11.3. The second kappa shape index (κ2) is 7.01. The summed E-state index contributed by atoms with van der Waals surface area (Å²) >= 11 is 6.27. The number of aromatic nitrogens is 3. The number of ether oxygens (including phenoxy) is 1. The highest BCUT2D eigenvalue weighted by atomic mass is 35.5. The summed E-state index contributed by atoms with van der Waals surface area (Å²) in [6.07, 6.45) is 0.0131. The molecule has 0 saturated heterocycles. The van der Waals surface area contributed by atoms with Crippen molar-refractivity contribution < 1.29 is 19.2 Å².